The standard InChI is InChI=1S/C21H18N4O3/c1-2-14-10-19(26)25-17-8-4-7-16(20(17)23-14)21(27)24-15-6-3-5-13(9-15)18-11-22-12-28-18/h2-9,11-12,14,23H,1,10H2,(H,24,27)(H,25,26)/t14-/m1/s1. The van der Waals surface area contributed by atoms with E-state index in [1.54, 1.807) is 36.5 Å². The molecule has 7 nitrogen and oxygen atoms in total. The second-order valence-corrected chi connectivity index (χ2v) is 6.37. The number of hydrogen-bond acceptors (Lipinski definition) is 5. The zero-order valence-electron chi connectivity index (χ0n) is 14.9. The summed E-state index contributed by atoms with van der Waals surface area (Å²) < 4.78 is 5.30. The second-order valence-electron chi connectivity index (χ2n) is 6.37. The van der Waals surface area contributed by atoms with E-state index < -0.39 is 0 Å². The van der Waals surface area contributed by atoms with Gasteiger partial charge >= 0.3 is 0 Å². The van der Waals surface area contributed by atoms with Gasteiger partial charge in [0.15, 0.2) is 12.2 Å². The largest absolute Gasteiger partial charge is 0.444 e. The number of nitrogens with one attached hydrogen (secondary N) is 3. The zero-order valence-corrected chi connectivity index (χ0v) is 14.9. The summed E-state index contributed by atoms with van der Waals surface area (Å²) in [7, 11) is 0. The van der Waals surface area contributed by atoms with Crippen LogP contribution in [-0.4, -0.2) is 22.8 Å². The molecule has 3 N–H and O–H groups in total. The highest BCUT2D eigenvalue weighted by Gasteiger charge is 2.23. The van der Waals surface area contributed by atoms with E-state index in [1.165, 1.54) is 6.39 Å². The maximum atomic E-state index is 12.9. The zero-order chi connectivity index (χ0) is 19.5. The molecule has 28 heavy (non-hydrogen) atoms. The molecular formula is C21H18N4O3. The molecule has 7 heteroatoms. The Morgan fingerprint density at radius 2 is 2.14 bits per heavy atom. The Balaban J connectivity index is 1.63. The molecule has 2 heterocycles. The summed E-state index contributed by atoms with van der Waals surface area (Å²) in [5, 5.41) is 8.94. The summed E-state index contributed by atoms with van der Waals surface area (Å²) in [4.78, 5) is 28.9. The second kappa shape index (κ2) is 7.40. The molecule has 4 rings (SSSR count). The van der Waals surface area contributed by atoms with Crippen LogP contribution in [0.5, 0.6) is 0 Å². The first kappa shape index (κ1) is 17.5. The Labute approximate surface area is 161 Å². The summed E-state index contributed by atoms with van der Waals surface area (Å²) >= 11 is 0. The lowest BCUT2D eigenvalue weighted by atomic mass is 10.1. The van der Waals surface area contributed by atoms with Crippen molar-refractivity contribution in [3.63, 3.8) is 0 Å². The first-order chi connectivity index (χ1) is 13.6. The van der Waals surface area contributed by atoms with Crippen LogP contribution >= 0.6 is 0 Å². The fourth-order valence-electron chi connectivity index (χ4n) is 3.09. The number of carbonyl (C=O) groups excluding carboxylic acids is 2. The fraction of sp³-hybridized carbons (Fsp3) is 0.0952. The van der Waals surface area contributed by atoms with E-state index in [9.17, 15) is 9.59 Å². The maximum Gasteiger partial charge on any atom is 0.257 e. The number of amides is 2. The average molecular weight is 374 g/mol. The third-order valence-electron chi connectivity index (χ3n) is 4.44. The van der Waals surface area contributed by atoms with Gasteiger partial charge in [0.25, 0.3) is 5.91 Å². The lowest BCUT2D eigenvalue weighted by Crippen LogP contribution is -2.21. The van der Waals surface area contributed by atoms with Crippen LogP contribution in [0, 0.1) is 0 Å². The van der Waals surface area contributed by atoms with E-state index in [4.69, 9.17) is 4.42 Å². The van der Waals surface area contributed by atoms with Gasteiger partial charge in [0.2, 0.25) is 5.91 Å². The first-order valence-electron chi connectivity index (χ1n) is 8.76. The third kappa shape index (κ3) is 3.50. The Hall–Kier alpha value is -3.87. The normalized spacial score (nSPS) is 15.6. The maximum absolute atomic E-state index is 12.9. The fourth-order valence-corrected chi connectivity index (χ4v) is 3.09. The minimum Gasteiger partial charge on any atom is -0.444 e. The highest BCUT2D eigenvalue weighted by Crippen LogP contribution is 2.31. The number of hydrogen-bond donors (Lipinski definition) is 3. The van der Waals surface area contributed by atoms with Crippen LogP contribution in [0.25, 0.3) is 11.3 Å². The van der Waals surface area contributed by atoms with Gasteiger partial charge in [0, 0.05) is 11.3 Å². The number of para-hydroxylation sites is 1. The van der Waals surface area contributed by atoms with Crippen molar-refractivity contribution in [2.75, 3.05) is 16.0 Å². The van der Waals surface area contributed by atoms with E-state index in [2.05, 4.69) is 27.5 Å². The van der Waals surface area contributed by atoms with Crippen molar-refractivity contribution < 1.29 is 14.0 Å². The average Bonchev–Trinajstić information content (AvgIpc) is 3.17. The molecule has 0 fully saturated rings. The highest BCUT2D eigenvalue weighted by atomic mass is 16.3. The predicted octanol–water partition coefficient (Wildman–Crippen LogP) is 3.90. The summed E-state index contributed by atoms with van der Waals surface area (Å²) in [6.07, 6.45) is 4.87. The molecule has 0 bridgehead atoms. The number of fused-ring (bicyclic) bond motifs is 1. The smallest absolute Gasteiger partial charge is 0.257 e. The van der Waals surface area contributed by atoms with Crippen LogP contribution in [0.15, 0.2) is 72.1 Å². The van der Waals surface area contributed by atoms with Crippen molar-refractivity contribution in [3.8, 4) is 11.3 Å². The molecule has 1 aliphatic heterocycles. The number of rotatable bonds is 4. The van der Waals surface area contributed by atoms with Crippen LogP contribution < -0.4 is 16.0 Å². The van der Waals surface area contributed by atoms with E-state index in [0.29, 0.717) is 28.4 Å². The molecule has 0 spiro atoms. The third-order valence-corrected chi connectivity index (χ3v) is 4.44. The molecule has 0 saturated heterocycles. The Bertz CT molecular complexity index is 1040. The van der Waals surface area contributed by atoms with Crippen molar-refractivity contribution in [3.05, 3.63) is 73.3 Å². The van der Waals surface area contributed by atoms with Crippen LogP contribution in [0.1, 0.15) is 16.8 Å². The van der Waals surface area contributed by atoms with Gasteiger partial charge in [-0.25, -0.2) is 4.98 Å². The lowest BCUT2D eigenvalue weighted by molar-refractivity contribution is -0.116. The summed E-state index contributed by atoms with van der Waals surface area (Å²) in [6.45, 7) is 3.75. The Kier molecular flexibility index (Phi) is 4.63. The summed E-state index contributed by atoms with van der Waals surface area (Å²) in [5.74, 6) is 0.189. The van der Waals surface area contributed by atoms with Crippen molar-refractivity contribution in [2.45, 2.75) is 12.5 Å². The highest BCUT2D eigenvalue weighted by molar-refractivity contribution is 6.11. The molecule has 0 radical (unpaired) electrons. The van der Waals surface area contributed by atoms with Crippen molar-refractivity contribution in [2.24, 2.45) is 0 Å². The van der Waals surface area contributed by atoms with Gasteiger partial charge in [-0.15, -0.1) is 6.58 Å². The molecule has 1 aliphatic rings. The predicted molar refractivity (Wildman–Crippen MR) is 107 cm³/mol. The van der Waals surface area contributed by atoms with Gasteiger partial charge in [-0.05, 0) is 24.3 Å². The quantitative estimate of drug-likeness (QED) is 0.602. The van der Waals surface area contributed by atoms with Crippen molar-refractivity contribution in [1.82, 2.24) is 4.98 Å². The van der Waals surface area contributed by atoms with Gasteiger partial charge in [0.05, 0.1) is 35.6 Å². The van der Waals surface area contributed by atoms with Crippen molar-refractivity contribution in [1.29, 1.82) is 0 Å². The van der Waals surface area contributed by atoms with Gasteiger partial charge in [-0.2, -0.15) is 0 Å². The molecule has 0 unspecified atom stereocenters. The number of benzene rings is 2. The molecule has 140 valence electrons. The molecule has 0 saturated carbocycles. The number of nitrogens with zero attached hydrogens (tertiary/aromatic N) is 1. The first-order valence-corrected chi connectivity index (χ1v) is 8.76. The lowest BCUT2D eigenvalue weighted by Gasteiger charge is -2.16. The van der Waals surface area contributed by atoms with Crippen LogP contribution in [0.3, 0.4) is 0 Å². The molecule has 2 amide bonds. The van der Waals surface area contributed by atoms with Crippen molar-refractivity contribution >= 4 is 28.9 Å². The minimum absolute atomic E-state index is 0.131. The monoisotopic (exact) mass is 374 g/mol. The van der Waals surface area contributed by atoms with Crippen LogP contribution in [0.2, 0.25) is 0 Å². The van der Waals surface area contributed by atoms with E-state index in [-0.39, 0.29) is 24.3 Å². The molecule has 3 aromatic rings. The summed E-state index contributed by atoms with van der Waals surface area (Å²) in [6, 6.07) is 12.2. The number of aromatic nitrogens is 1. The van der Waals surface area contributed by atoms with Gasteiger partial charge in [-0.1, -0.05) is 24.3 Å². The minimum atomic E-state index is -0.293. The Morgan fingerprint density at radius 1 is 1.29 bits per heavy atom. The topological polar surface area (TPSA) is 96.3 Å². The van der Waals surface area contributed by atoms with E-state index in [1.807, 2.05) is 18.2 Å². The van der Waals surface area contributed by atoms with E-state index >= 15 is 0 Å². The molecule has 1 aromatic heterocycles. The van der Waals surface area contributed by atoms with Crippen LogP contribution in [0.4, 0.5) is 17.1 Å². The number of anilines is 3. The van der Waals surface area contributed by atoms with E-state index in [0.717, 1.165) is 5.56 Å². The molecule has 1 atom stereocenters. The molecule has 0 aliphatic carbocycles. The summed E-state index contributed by atoms with van der Waals surface area (Å²) in [5.41, 5.74) is 2.99. The van der Waals surface area contributed by atoms with Gasteiger partial charge in [-0.3, -0.25) is 9.59 Å². The van der Waals surface area contributed by atoms with Gasteiger partial charge in [0.1, 0.15) is 0 Å². The Morgan fingerprint density at radius 3 is 2.93 bits per heavy atom. The SMILES string of the molecule is C=C[C@@H]1CC(=O)Nc2cccc(C(=O)Nc3cccc(-c4cnco4)c3)c2N1. The number of oxazole rings is 1. The molecule has 2 aromatic carbocycles. The molecular weight excluding hydrogens is 356 g/mol. The van der Waals surface area contributed by atoms with Gasteiger partial charge < -0.3 is 20.4 Å². The number of carbonyl (C=O) groups is 2. The van der Waals surface area contributed by atoms with Crippen LogP contribution in [-0.2, 0) is 4.79 Å².